The van der Waals surface area contributed by atoms with Crippen molar-refractivity contribution in [1.29, 1.82) is 0 Å². The Kier molecular flexibility index (Phi) is 5.28. The van der Waals surface area contributed by atoms with Crippen LogP contribution in [0, 0.1) is 5.41 Å². The number of ketones is 1. The van der Waals surface area contributed by atoms with Gasteiger partial charge >= 0.3 is 0 Å². The SMILES string of the molecule is CC(C)(CO)CCCCC1=CC(=O)C=CS1=O. The first-order valence-corrected chi connectivity index (χ1v) is 7.10. The van der Waals surface area contributed by atoms with Crippen molar-refractivity contribution in [1.82, 2.24) is 0 Å². The third-order valence-electron chi connectivity index (χ3n) is 2.87. The quantitative estimate of drug-likeness (QED) is 0.742. The Morgan fingerprint density at radius 3 is 2.71 bits per heavy atom. The fraction of sp³-hybridized carbons (Fsp3) is 0.615. The lowest BCUT2D eigenvalue weighted by molar-refractivity contribution is -0.110. The van der Waals surface area contributed by atoms with Crippen molar-refractivity contribution in [3.05, 3.63) is 22.5 Å². The molecule has 1 N–H and O–H groups in total. The fourth-order valence-electron chi connectivity index (χ4n) is 1.64. The molecule has 0 radical (unpaired) electrons. The van der Waals surface area contributed by atoms with E-state index in [-0.39, 0.29) is 17.8 Å². The van der Waals surface area contributed by atoms with Crippen LogP contribution < -0.4 is 0 Å². The molecular formula is C13H20O3S. The standard InChI is InChI=1S/C13H20O3S/c1-13(2,10-14)7-4-3-5-12-9-11(15)6-8-17(12)16/h6,8-9,14H,3-5,7,10H2,1-2H3. The summed E-state index contributed by atoms with van der Waals surface area (Å²) in [6, 6.07) is 0. The third kappa shape index (κ3) is 4.96. The van der Waals surface area contributed by atoms with Gasteiger partial charge in [0.15, 0.2) is 5.78 Å². The van der Waals surface area contributed by atoms with E-state index in [9.17, 15) is 9.00 Å². The molecular weight excluding hydrogens is 236 g/mol. The molecule has 1 rings (SSSR count). The second-order valence-corrected chi connectivity index (χ2v) is 6.53. The number of hydrogen-bond acceptors (Lipinski definition) is 3. The van der Waals surface area contributed by atoms with Crippen LogP contribution in [0.15, 0.2) is 22.5 Å². The van der Waals surface area contributed by atoms with Gasteiger partial charge in [0.1, 0.15) is 0 Å². The third-order valence-corrected chi connectivity index (χ3v) is 4.09. The molecule has 0 amide bonds. The lowest BCUT2D eigenvalue weighted by Crippen LogP contribution is -2.16. The zero-order valence-electron chi connectivity index (χ0n) is 10.4. The molecule has 0 aromatic heterocycles. The van der Waals surface area contributed by atoms with E-state index in [0.29, 0.717) is 6.42 Å². The van der Waals surface area contributed by atoms with Crippen molar-refractivity contribution >= 4 is 16.6 Å². The molecule has 1 aliphatic rings. The van der Waals surface area contributed by atoms with Gasteiger partial charge < -0.3 is 5.11 Å². The highest BCUT2D eigenvalue weighted by molar-refractivity contribution is 7.92. The number of unbranched alkanes of at least 4 members (excludes halogenated alkanes) is 1. The zero-order valence-corrected chi connectivity index (χ0v) is 11.3. The van der Waals surface area contributed by atoms with Gasteiger partial charge in [0.05, 0.1) is 10.8 Å². The Morgan fingerprint density at radius 1 is 1.35 bits per heavy atom. The van der Waals surface area contributed by atoms with E-state index in [1.165, 1.54) is 17.6 Å². The number of hydrogen-bond donors (Lipinski definition) is 1. The van der Waals surface area contributed by atoms with Crippen LogP contribution in [0.3, 0.4) is 0 Å². The minimum atomic E-state index is -1.11. The monoisotopic (exact) mass is 256 g/mol. The molecule has 0 saturated carbocycles. The van der Waals surface area contributed by atoms with Crippen LogP contribution in [0.5, 0.6) is 0 Å². The summed E-state index contributed by atoms with van der Waals surface area (Å²) < 4.78 is 11.6. The van der Waals surface area contributed by atoms with Crippen LogP contribution in [-0.2, 0) is 15.6 Å². The van der Waals surface area contributed by atoms with E-state index < -0.39 is 10.8 Å². The molecule has 4 heteroatoms. The topological polar surface area (TPSA) is 54.4 Å². The molecule has 96 valence electrons. The predicted octanol–water partition coefficient (Wildman–Crippen LogP) is 2.29. The number of carbonyl (C=O) groups is 1. The molecule has 0 fully saturated rings. The normalized spacial score (nSPS) is 20.5. The molecule has 0 aliphatic carbocycles. The van der Waals surface area contributed by atoms with Crippen LogP contribution in [0.4, 0.5) is 0 Å². The van der Waals surface area contributed by atoms with Gasteiger partial charge in [0.25, 0.3) is 0 Å². The van der Waals surface area contributed by atoms with Crippen LogP contribution in [0.1, 0.15) is 39.5 Å². The van der Waals surface area contributed by atoms with Crippen LogP contribution in [0.25, 0.3) is 0 Å². The van der Waals surface area contributed by atoms with E-state index in [0.717, 1.165) is 24.2 Å². The Balaban J connectivity index is 2.32. The first-order valence-electron chi connectivity index (χ1n) is 5.89. The minimum absolute atomic E-state index is 0.0458. The molecule has 17 heavy (non-hydrogen) atoms. The predicted molar refractivity (Wildman–Crippen MR) is 69.7 cm³/mol. The molecule has 0 spiro atoms. The Bertz CT molecular complexity index is 367. The highest BCUT2D eigenvalue weighted by Gasteiger charge is 2.16. The van der Waals surface area contributed by atoms with Crippen LogP contribution in [0.2, 0.25) is 0 Å². The molecule has 0 aromatic carbocycles. The summed E-state index contributed by atoms with van der Waals surface area (Å²) in [5.41, 5.74) is -0.0458. The summed E-state index contributed by atoms with van der Waals surface area (Å²) in [5.74, 6) is -0.0738. The molecule has 3 nitrogen and oxygen atoms in total. The van der Waals surface area contributed by atoms with Gasteiger partial charge in [-0.1, -0.05) is 20.3 Å². The van der Waals surface area contributed by atoms with E-state index in [1.807, 2.05) is 13.8 Å². The highest BCUT2D eigenvalue weighted by Crippen LogP contribution is 2.24. The van der Waals surface area contributed by atoms with Crippen molar-refractivity contribution in [3.8, 4) is 0 Å². The van der Waals surface area contributed by atoms with Gasteiger partial charge in [-0.2, -0.15) is 0 Å². The molecule has 0 saturated heterocycles. The summed E-state index contributed by atoms with van der Waals surface area (Å²) >= 11 is 0. The van der Waals surface area contributed by atoms with Gasteiger partial charge in [-0.3, -0.25) is 9.00 Å². The maximum Gasteiger partial charge on any atom is 0.180 e. The van der Waals surface area contributed by atoms with Crippen LogP contribution in [-0.4, -0.2) is 21.7 Å². The fourth-order valence-corrected chi connectivity index (χ4v) is 2.65. The first-order chi connectivity index (χ1) is 7.94. The van der Waals surface area contributed by atoms with Crippen LogP contribution >= 0.6 is 0 Å². The summed E-state index contributed by atoms with van der Waals surface area (Å²) in [6.07, 6.45) is 6.35. The van der Waals surface area contributed by atoms with E-state index >= 15 is 0 Å². The van der Waals surface area contributed by atoms with Gasteiger partial charge in [-0.25, -0.2) is 0 Å². The molecule has 1 atom stereocenters. The van der Waals surface area contributed by atoms with Crippen molar-refractivity contribution in [2.75, 3.05) is 6.61 Å². The minimum Gasteiger partial charge on any atom is -0.396 e. The van der Waals surface area contributed by atoms with E-state index in [4.69, 9.17) is 5.11 Å². The summed E-state index contributed by atoms with van der Waals surface area (Å²) in [7, 11) is -1.11. The second kappa shape index (κ2) is 6.26. The summed E-state index contributed by atoms with van der Waals surface area (Å²) in [5, 5.41) is 10.6. The van der Waals surface area contributed by atoms with Crippen molar-refractivity contribution < 1.29 is 14.1 Å². The first kappa shape index (κ1) is 14.3. The maximum absolute atomic E-state index is 11.6. The van der Waals surface area contributed by atoms with Crippen molar-refractivity contribution in [3.63, 3.8) is 0 Å². The molecule has 0 bridgehead atoms. The highest BCUT2D eigenvalue weighted by atomic mass is 32.2. The number of aliphatic hydroxyl groups is 1. The average Bonchev–Trinajstić information content (AvgIpc) is 2.29. The van der Waals surface area contributed by atoms with E-state index in [2.05, 4.69) is 0 Å². The second-order valence-electron chi connectivity index (χ2n) is 5.14. The molecule has 1 heterocycles. The summed E-state index contributed by atoms with van der Waals surface area (Å²) in [6.45, 7) is 4.23. The lowest BCUT2D eigenvalue weighted by Gasteiger charge is -2.21. The Hall–Kier alpha value is -0.740. The average molecular weight is 256 g/mol. The van der Waals surface area contributed by atoms with Gasteiger partial charge in [-0.05, 0) is 36.8 Å². The Labute approximate surface area is 105 Å². The van der Waals surface area contributed by atoms with Crippen molar-refractivity contribution in [2.45, 2.75) is 39.5 Å². The number of aliphatic hydroxyl groups excluding tert-OH is 1. The van der Waals surface area contributed by atoms with Crippen molar-refractivity contribution in [2.24, 2.45) is 5.41 Å². The van der Waals surface area contributed by atoms with Gasteiger partial charge in [-0.15, -0.1) is 0 Å². The number of carbonyl (C=O) groups excluding carboxylic acids is 1. The zero-order chi connectivity index (χ0) is 12.9. The molecule has 1 aliphatic heterocycles. The van der Waals surface area contributed by atoms with Gasteiger partial charge in [0, 0.05) is 16.9 Å². The molecule has 1 unspecified atom stereocenters. The maximum atomic E-state index is 11.6. The lowest BCUT2D eigenvalue weighted by atomic mass is 9.88. The van der Waals surface area contributed by atoms with Gasteiger partial charge in [0.2, 0.25) is 0 Å². The summed E-state index contributed by atoms with van der Waals surface area (Å²) in [4.78, 5) is 11.8. The molecule has 0 aromatic rings. The largest absolute Gasteiger partial charge is 0.396 e. The van der Waals surface area contributed by atoms with E-state index in [1.54, 1.807) is 0 Å². The number of rotatable bonds is 6. The Morgan fingerprint density at radius 2 is 2.06 bits per heavy atom. The smallest absolute Gasteiger partial charge is 0.180 e. The number of allylic oxidation sites excluding steroid dienone is 3.